The molecule has 11 heavy (non-hydrogen) atoms. The highest BCUT2D eigenvalue weighted by Gasteiger charge is 2.20. The van der Waals surface area contributed by atoms with Crippen molar-refractivity contribution in [2.45, 2.75) is 26.3 Å². The quantitative estimate of drug-likeness (QED) is 0.559. The standard InChI is InChI=1S/C8H16N2O/c1-7(2)10-5-4-8(6-10)9-11-3/h7H,4-6H2,1-3H3/b9-8-. The Kier molecular flexibility index (Phi) is 2.88. The molecule has 0 unspecified atom stereocenters. The summed E-state index contributed by atoms with van der Waals surface area (Å²) in [5.41, 5.74) is 1.17. The molecule has 3 heteroatoms. The van der Waals surface area contributed by atoms with E-state index in [4.69, 9.17) is 4.84 Å². The number of hydrogen-bond acceptors (Lipinski definition) is 3. The van der Waals surface area contributed by atoms with E-state index in [0.29, 0.717) is 6.04 Å². The Bertz CT molecular complexity index is 154. The van der Waals surface area contributed by atoms with E-state index < -0.39 is 0 Å². The topological polar surface area (TPSA) is 24.8 Å². The monoisotopic (exact) mass is 156 g/mol. The van der Waals surface area contributed by atoms with Crippen molar-refractivity contribution in [2.75, 3.05) is 20.2 Å². The van der Waals surface area contributed by atoms with E-state index in [2.05, 4.69) is 23.9 Å². The smallest absolute Gasteiger partial charge is 0.106 e. The van der Waals surface area contributed by atoms with Gasteiger partial charge in [-0.1, -0.05) is 5.16 Å². The third-order valence-electron chi connectivity index (χ3n) is 2.02. The lowest BCUT2D eigenvalue weighted by Gasteiger charge is -2.17. The molecule has 0 N–H and O–H groups in total. The molecule has 0 radical (unpaired) electrons. The predicted octanol–water partition coefficient (Wildman–Crippen LogP) is 1.10. The average Bonchev–Trinajstić information content (AvgIpc) is 2.37. The van der Waals surface area contributed by atoms with Gasteiger partial charge >= 0.3 is 0 Å². The van der Waals surface area contributed by atoms with Gasteiger partial charge in [-0.25, -0.2) is 0 Å². The highest BCUT2D eigenvalue weighted by molar-refractivity contribution is 5.87. The average molecular weight is 156 g/mol. The van der Waals surface area contributed by atoms with Crippen LogP contribution in [0.4, 0.5) is 0 Å². The zero-order chi connectivity index (χ0) is 8.27. The third-order valence-corrected chi connectivity index (χ3v) is 2.02. The number of nitrogens with zero attached hydrogens (tertiary/aromatic N) is 2. The van der Waals surface area contributed by atoms with Crippen LogP contribution in [0.3, 0.4) is 0 Å². The predicted molar refractivity (Wildman–Crippen MR) is 45.8 cm³/mol. The van der Waals surface area contributed by atoms with Gasteiger partial charge in [0.2, 0.25) is 0 Å². The molecule has 0 aromatic rings. The van der Waals surface area contributed by atoms with Gasteiger partial charge in [0.25, 0.3) is 0 Å². The Hall–Kier alpha value is -0.570. The van der Waals surface area contributed by atoms with Crippen molar-refractivity contribution in [1.29, 1.82) is 0 Å². The second-order valence-corrected chi connectivity index (χ2v) is 3.15. The van der Waals surface area contributed by atoms with Crippen LogP contribution in [0.2, 0.25) is 0 Å². The van der Waals surface area contributed by atoms with Gasteiger partial charge in [0.1, 0.15) is 7.11 Å². The highest BCUT2D eigenvalue weighted by atomic mass is 16.6. The summed E-state index contributed by atoms with van der Waals surface area (Å²) in [6.45, 7) is 6.51. The first-order valence-corrected chi connectivity index (χ1v) is 4.07. The molecule has 1 heterocycles. The molecule has 0 bridgehead atoms. The zero-order valence-electron chi connectivity index (χ0n) is 7.50. The summed E-state index contributed by atoms with van der Waals surface area (Å²) in [4.78, 5) is 7.10. The molecule has 1 aliphatic rings. The lowest BCUT2D eigenvalue weighted by Crippen LogP contribution is -2.28. The normalized spacial score (nSPS) is 23.5. The minimum atomic E-state index is 0.625. The molecular formula is C8H16N2O. The van der Waals surface area contributed by atoms with Crippen molar-refractivity contribution in [3.8, 4) is 0 Å². The summed E-state index contributed by atoms with van der Waals surface area (Å²) in [5, 5.41) is 3.93. The minimum Gasteiger partial charge on any atom is -0.399 e. The molecule has 1 aliphatic heterocycles. The molecule has 0 aromatic heterocycles. The van der Waals surface area contributed by atoms with Crippen molar-refractivity contribution < 1.29 is 4.84 Å². The molecule has 0 atom stereocenters. The minimum absolute atomic E-state index is 0.625. The van der Waals surface area contributed by atoms with E-state index in [-0.39, 0.29) is 0 Å². The first-order valence-electron chi connectivity index (χ1n) is 4.07. The molecule has 0 saturated carbocycles. The molecule has 64 valence electrons. The van der Waals surface area contributed by atoms with Gasteiger partial charge in [0.05, 0.1) is 5.71 Å². The van der Waals surface area contributed by atoms with Crippen LogP contribution in [0.25, 0.3) is 0 Å². The van der Waals surface area contributed by atoms with Crippen molar-refractivity contribution in [2.24, 2.45) is 5.16 Å². The van der Waals surface area contributed by atoms with Gasteiger partial charge in [-0.05, 0) is 13.8 Å². The Balaban J connectivity index is 2.40. The van der Waals surface area contributed by atoms with E-state index in [9.17, 15) is 0 Å². The van der Waals surface area contributed by atoms with Crippen LogP contribution >= 0.6 is 0 Å². The molecule has 0 aromatic carbocycles. The van der Waals surface area contributed by atoms with Gasteiger partial charge in [0.15, 0.2) is 0 Å². The molecule has 0 amide bonds. The van der Waals surface area contributed by atoms with Crippen molar-refractivity contribution >= 4 is 5.71 Å². The zero-order valence-corrected chi connectivity index (χ0v) is 7.50. The van der Waals surface area contributed by atoms with E-state index in [1.807, 2.05) is 0 Å². The largest absolute Gasteiger partial charge is 0.399 e. The summed E-state index contributed by atoms with van der Waals surface area (Å²) in [5.74, 6) is 0. The van der Waals surface area contributed by atoms with Gasteiger partial charge in [-0.2, -0.15) is 0 Å². The van der Waals surface area contributed by atoms with E-state index in [1.54, 1.807) is 7.11 Å². The van der Waals surface area contributed by atoms with Crippen LogP contribution in [-0.2, 0) is 4.84 Å². The molecule has 0 aliphatic carbocycles. The Labute approximate surface area is 68.0 Å². The van der Waals surface area contributed by atoms with Crippen LogP contribution < -0.4 is 0 Å². The fourth-order valence-electron chi connectivity index (χ4n) is 1.31. The SMILES string of the molecule is CO/N=C1/CCN(C(C)C)C1. The van der Waals surface area contributed by atoms with Crippen LogP contribution in [-0.4, -0.2) is 36.9 Å². The molecule has 1 rings (SSSR count). The second kappa shape index (κ2) is 3.72. The Morgan fingerprint density at radius 2 is 2.27 bits per heavy atom. The third kappa shape index (κ3) is 2.19. The fourth-order valence-corrected chi connectivity index (χ4v) is 1.31. The van der Waals surface area contributed by atoms with Crippen molar-refractivity contribution in [3.63, 3.8) is 0 Å². The Morgan fingerprint density at radius 1 is 1.55 bits per heavy atom. The van der Waals surface area contributed by atoms with Crippen LogP contribution in [0.1, 0.15) is 20.3 Å². The van der Waals surface area contributed by atoms with Crippen LogP contribution in [0.5, 0.6) is 0 Å². The van der Waals surface area contributed by atoms with E-state index >= 15 is 0 Å². The highest BCUT2D eigenvalue weighted by Crippen LogP contribution is 2.09. The first-order chi connectivity index (χ1) is 5.24. The second-order valence-electron chi connectivity index (χ2n) is 3.15. The maximum absolute atomic E-state index is 4.72. The maximum atomic E-state index is 4.72. The lowest BCUT2D eigenvalue weighted by atomic mass is 10.3. The summed E-state index contributed by atoms with van der Waals surface area (Å²) in [6, 6.07) is 0.625. The van der Waals surface area contributed by atoms with E-state index in [1.165, 1.54) is 5.71 Å². The van der Waals surface area contributed by atoms with Crippen molar-refractivity contribution in [1.82, 2.24) is 4.90 Å². The lowest BCUT2D eigenvalue weighted by molar-refractivity contribution is 0.211. The summed E-state index contributed by atoms with van der Waals surface area (Å²) in [6.07, 6.45) is 1.06. The number of hydrogen-bond donors (Lipinski definition) is 0. The fraction of sp³-hybridized carbons (Fsp3) is 0.875. The molecular weight excluding hydrogens is 140 g/mol. The van der Waals surface area contributed by atoms with Crippen molar-refractivity contribution in [3.05, 3.63) is 0 Å². The molecule has 1 fully saturated rings. The van der Waals surface area contributed by atoms with Gasteiger partial charge < -0.3 is 4.84 Å². The van der Waals surface area contributed by atoms with Gasteiger partial charge in [0, 0.05) is 25.6 Å². The van der Waals surface area contributed by atoms with Crippen LogP contribution in [0, 0.1) is 0 Å². The van der Waals surface area contributed by atoms with E-state index in [0.717, 1.165) is 19.5 Å². The Morgan fingerprint density at radius 3 is 2.73 bits per heavy atom. The molecule has 3 nitrogen and oxygen atoms in total. The molecule has 0 spiro atoms. The maximum Gasteiger partial charge on any atom is 0.106 e. The van der Waals surface area contributed by atoms with Crippen LogP contribution in [0.15, 0.2) is 5.16 Å². The molecule has 1 saturated heterocycles. The summed E-state index contributed by atoms with van der Waals surface area (Å²) < 4.78 is 0. The van der Waals surface area contributed by atoms with Gasteiger partial charge in [-0.3, -0.25) is 4.90 Å². The first kappa shape index (κ1) is 8.53. The summed E-state index contributed by atoms with van der Waals surface area (Å²) >= 11 is 0. The number of rotatable bonds is 2. The number of likely N-dealkylation sites (tertiary alicyclic amines) is 1. The summed E-state index contributed by atoms with van der Waals surface area (Å²) in [7, 11) is 1.60. The van der Waals surface area contributed by atoms with Gasteiger partial charge in [-0.15, -0.1) is 0 Å². The number of oxime groups is 1.